The topological polar surface area (TPSA) is 90.0 Å². The van der Waals surface area contributed by atoms with Crippen LogP contribution >= 0.6 is 0 Å². The zero-order chi connectivity index (χ0) is 24.3. The largest absolute Gasteiger partial charge is 0.398 e. The summed E-state index contributed by atoms with van der Waals surface area (Å²) in [5, 5.41) is 12.1. The molecule has 2 saturated carbocycles. The number of piperazine rings is 1. The third-order valence-corrected chi connectivity index (χ3v) is 7.63. The van der Waals surface area contributed by atoms with E-state index in [-0.39, 0.29) is 11.8 Å². The molecule has 0 radical (unpaired) electrons. The fourth-order valence-electron chi connectivity index (χ4n) is 5.00. The standard InChI is InChI=1S/C27H42N6O/c1-5-22(23(28)7-6-14-34-27(4)10-11-27)26(29)24-16-25(31-18-30-24)32-12-13-33(20(3)17-32)19(2)15-21-8-9-21/h5-7,16,18-21,25,29H,1,8-15,17,28H2,2-4H3,(H,30,31)/b7-6-,23-22-,29-26?/t19?,20-,25?/m1/s1. The van der Waals surface area contributed by atoms with Crippen molar-refractivity contribution in [2.24, 2.45) is 16.6 Å². The van der Waals surface area contributed by atoms with E-state index in [4.69, 9.17) is 15.9 Å². The molecule has 2 heterocycles. The van der Waals surface area contributed by atoms with Crippen LogP contribution in [-0.4, -0.2) is 71.9 Å². The van der Waals surface area contributed by atoms with Crippen molar-refractivity contribution in [1.82, 2.24) is 15.1 Å². The summed E-state index contributed by atoms with van der Waals surface area (Å²) in [6.45, 7) is 14.3. The van der Waals surface area contributed by atoms with Crippen LogP contribution in [0.4, 0.5) is 0 Å². The highest BCUT2D eigenvalue weighted by atomic mass is 16.5. The monoisotopic (exact) mass is 466 g/mol. The highest BCUT2D eigenvalue weighted by molar-refractivity contribution is 6.13. The highest BCUT2D eigenvalue weighted by Crippen LogP contribution is 2.38. The van der Waals surface area contributed by atoms with Crippen LogP contribution < -0.4 is 11.1 Å². The van der Waals surface area contributed by atoms with Gasteiger partial charge in [0.05, 0.1) is 30.0 Å². The van der Waals surface area contributed by atoms with Crippen LogP contribution in [0.15, 0.2) is 52.8 Å². The average molecular weight is 467 g/mol. The van der Waals surface area contributed by atoms with Gasteiger partial charge in [-0.1, -0.05) is 31.6 Å². The molecule has 0 bridgehead atoms. The van der Waals surface area contributed by atoms with Gasteiger partial charge in [-0.05, 0) is 58.1 Å². The fraction of sp³-hybridized carbons (Fsp3) is 0.630. The van der Waals surface area contributed by atoms with Gasteiger partial charge in [-0.2, -0.15) is 0 Å². The zero-order valence-corrected chi connectivity index (χ0v) is 21.1. The number of nitrogens with zero attached hydrogens (tertiary/aromatic N) is 3. The van der Waals surface area contributed by atoms with Gasteiger partial charge in [0.1, 0.15) is 6.17 Å². The predicted octanol–water partition coefficient (Wildman–Crippen LogP) is 3.57. The molecular weight excluding hydrogens is 424 g/mol. The predicted molar refractivity (Wildman–Crippen MR) is 140 cm³/mol. The molecule has 0 aromatic carbocycles. The number of aliphatic imine (C=N–C) groups is 1. The molecule has 1 saturated heterocycles. The van der Waals surface area contributed by atoms with Crippen molar-refractivity contribution in [3.63, 3.8) is 0 Å². The van der Waals surface area contributed by atoms with Crippen molar-refractivity contribution in [1.29, 1.82) is 5.41 Å². The summed E-state index contributed by atoms with van der Waals surface area (Å²) in [5.41, 5.74) is 8.34. The number of ether oxygens (including phenoxy) is 1. The van der Waals surface area contributed by atoms with Gasteiger partial charge < -0.3 is 15.8 Å². The Hall–Kier alpha value is -2.22. The Morgan fingerprint density at radius 2 is 2.18 bits per heavy atom. The first-order chi connectivity index (χ1) is 16.3. The number of nitrogens with two attached hydrogens (primary N) is 1. The molecular formula is C27H42N6O. The Labute approximate surface area is 205 Å². The number of hydrogen-bond acceptors (Lipinski definition) is 7. The van der Waals surface area contributed by atoms with E-state index in [2.05, 4.69) is 47.5 Å². The Morgan fingerprint density at radius 3 is 2.82 bits per heavy atom. The van der Waals surface area contributed by atoms with Crippen LogP contribution in [0.25, 0.3) is 0 Å². The molecule has 7 heteroatoms. The molecule has 186 valence electrons. The molecule has 3 fully saturated rings. The average Bonchev–Trinajstić information content (AvgIpc) is 3.76. The van der Waals surface area contributed by atoms with Crippen molar-refractivity contribution in [2.75, 3.05) is 26.2 Å². The van der Waals surface area contributed by atoms with Crippen LogP contribution in [0.1, 0.15) is 52.9 Å². The summed E-state index contributed by atoms with van der Waals surface area (Å²) < 4.78 is 5.82. The van der Waals surface area contributed by atoms with Gasteiger partial charge in [-0.3, -0.25) is 15.2 Å². The molecule has 0 spiro atoms. The van der Waals surface area contributed by atoms with Gasteiger partial charge >= 0.3 is 0 Å². The molecule has 34 heavy (non-hydrogen) atoms. The first kappa shape index (κ1) is 24.9. The molecule has 2 aliphatic carbocycles. The van der Waals surface area contributed by atoms with Gasteiger partial charge in [0.25, 0.3) is 0 Å². The van der Waals surface area contributed by atoms with Gasteiger partial charge in [0.15, 0.2) is 0 Å². The smallest absolute Gasteiger partial charge is 0.102 e. The summed E-state index contributed by atoms with van der Waals surface area (Å²) in [5.74, 6) is 0.955. The van der Waals surface area contributed by atoms with Crippen molar-refractivity contribution < 1.29 is 4.74 Å². The third kappa shape index (κ3) is 6.26. The molecule has 4 rings (SSSR count). The van der Waals surface area contributed by atoms with E-state index in [1.165, 1.54) is 19.3 Å². The SMILES string of the molecule is C=C/C(C(=N)C1=CC(N2CCN(C(C)CC3CC3)[C@H](C)C2)NC=N1)=C(N)\C=C/COC1(C)CC1. The Balaban J connectivity index is 1.36. The number of nitrogens with one attached hydrogen (secondary N) is 2. The first-order valence-corrected chi connectivity index (χ1v) is 12.8. The summed E-state index contributed by atoms with van der Waals surface area (Å²) >= 11 is 0. The third-order valence-electron chi connectivity index (χ3n) is 7.63. The van der Waals surface area contributed by atoms with Crippen LogP contribution in [-0.2, 0) is 4.74 Å². The summed E-state index contributed by atoms with van der Waals surface area (Å²) in [6, 6.07) is 1.16. The molecule has 0 aromatic heterocycles. The van der Waals surface area contributed by atoms with E-state index in [9.17, 15) is 0 Å². The minimum Gasteiger partial charge on any atom is -0.398 e. The summed E-state index contributed by atoms with van der Waals surface area (Å²) in [6.07, 6.45) is 15.5. The quantitative estimate of drug-likeness (QED) is 0.320. The van der Waals surface area contributed by atoms with E-state index in [1.807, 2.05) is 18.2 Å². The van der Waals surface area contributed by atoms with Crippen molar-refractivity contribution in [3.8, 4) is 0 Å². The van der Waals surface area contributed by atoms with Crippen LogP contribution in [0.2, 0.25) is 0 Å². The fourth-order valence-corrected chi connectivity index (χ4v) is 5.00. The minimum absolute atomic E-state index is 0.0201. The number of rotatable bonds is 11. The van der Waals surface area contributed by atoms with Gasteiger partial charge in [0, 0.05) is 43.0 Å². The maximum atomic E-state index is 8.75. The lowest BCUT2D eigenvalue weighted by molar-refractivity contribution is 0.0350. The van der Waals surface area contributed by atoms with E-state index in [0.29, 0.717) is 41.4 Å². The van der Waals surface area contributed by atoms with E-state index >= 15 is 0 Å². The molecule has 2 aliphatic heterocycles. The molecule has 4 N–H and O–H groups in total. The lowest BCUT2D eigenvalue weighted by Crippen LogP contribution is -2.59. The molecule has 2 unspecified atom stereocenters. The lowest BCUT2D eigenvalue weighted by Gasteiger charge is -2.45. The normalized spacial score (nSPS) is 28.7. The second-order valence-electron chi connectivity index (χ2n) is 10.6. The minimum atomic E-state index is 0.0201. The number of hydrogen-bond donors (Lipinski definition) is 3. The Bertz CT molecular complexity index is 895. The maximum absolute atomic E-state index is 8.75. The van der Waals surface area contributed by atoms with Gasteiger partial charge in [-0.15, -0.1) is 0 Å². The van der Waals surface area contributed by atoms with Crippen molar-refractivity contribution in [2.45, 2.75) is 76.7 Å². The maximum Gasteiger partial charge on any atom is 0.102 e. The van der Waals surface area contributed by atoms with Crippen molar-refractivity contribution in [3.05, 3.63) is 47.9 Å². The molecule has 4 aliphatic rings. The molecule has 0 amide bonds. The zero-order valence-electron chi connectivity index (χ0n) is 21.1. The molecule has 7 nitrogen and oxygen atoms in total. The van der Waals surface area contributed by atoms with Crippen LogP contribution in [0, 0.1) is 11.3 Å². The Kier molecular flexibility index (Phi) is 7.75. The van der Waals surface area contributed by atoms with Crippen LogP contribution in [0.5, 0.6) is 0 Å². The van der Waals surface area contributed by atoms with Gasteiger partial charge in [0.2, 0.25) is 0 Å². The van der Waals surface area contributed by atoms with E-state index in [1.54, 1.807) is 12.4 Å². The second kappa shape index (κ2) is 10.6. The lowest BCUT2D eigenvalue weighted by atomic mass is 10.0. The summed E-state index contributed by atoms with van der Waals surface area (Å²) in [7, 11) is 0. The summed E-state index contributed by atoms with van der Waals surface area (Å²) in [4.78, 5) is 9.55. The van der Waals surface area contributed by atoms with Crippen molar-refractivity contribution >= 4 is 12.1 Å². The second-order valence-corrected chi connectivity index (χ2v) is 10.6. The highest BCUT2D eigenvalue weighted by Gasteiger charge is 2.38. The van der Waals surface area contributed by atoms with E-state index in [0.717, 1.165) is 38.4 Å². The van der Waals surface area contributed by atoms with Crippen LogP contribution in [0.3, 0.4) is 0 Å². The first-order valence-electron chi connectivity index (χ1n) is 12.8. The Morgan fingerprint density at radius 1 is 1.41 bits per heavy atom. The molecule has 0 aromatic rings. The van der Waals surface area contributed by atoms with Gasteiger partial charge in [-0.25, -0.2) is 4.99 Å². The number of allylic oxidation sites excluding steroid dienone is 3. The van der Waals surface area contributed by atoms with E-state index < -0.39 is 0 Å². The molecule has 3 atom stereocenters.